The van der Waals surface area contributed by atoms with Crippen molar-refractivity contribution in [1.29, 1.82) is 0 Å². The Morgan fingerprint density at radius 1 is 1.50 bits per heavy atom. The maximum atomic E-state index is 10.8. The van der Waals surface area contributed by atoms with Crippen LogP contribution in [-0.2, 0) is 20.4 Å². The largest absolute Gasteiger partial charge is 0.480 e. The first-order chi connectivity index (χ1) is 5.43. The number of carboxylic acid groups (broad SMARTS) is 1. The molecule has 0 aliphatic rings. The van der Waals surface area contributed by atoms with Gasteiger partial charge in [-0.2, -0.15) is 0 Å². The zero-order valence-corrected chi connectivity index (χ0v) is 7.04. The van der Waals surface area contributed by atoms with Crippen molar-refractivity contribution in [1.82, 2.24) is 0 Å². The van der Waals surface area contributed by atoms with Crippen molar-refractivity contribution in [3.8, 4) is 0 Å². The highest BCUT2D eigenvalue weighted by atomic mass is 32.2. The van der Waals surface area contributed by atoms with E-state index in [1.54, 1.807) is 0 Å². The Hall–Kier alpha value is -0.950. The predicted octanol–water partition coefficient (Wildman–Crippen LogP) is -2.37. The lowest BCUT2D eigenvalue weighted by Gasteiger charge is -2.03. The second-order valence-electron chi connectivity index (χ2n) is 2.16. The van der Waals surface area contributed by atoms with E-state index >= 15 is 0 Å². The average molecular weight is 194 g/mol. The molecule has 0 fully saturated rings. The lowest BCUT2D eigenvalue weighted by molar-refractivity contribution is -0.138. The second kappa shape index (κ2) is 4.83. The standard InChI is InChI=1S/C5H10N2O4S/c6-3(5(9)10)1-12(11)2-4(7)8/h3H,1-2,6H2,(H2,7,8)(H,9,10)/t3-,12+/m0/s1. The molecule has 0 unspecified atom stereocenters. The first kappa shape index (κ1) is 11.1. The summed E-state index contributed by atoms with van der Waals surface area (Å²) < 4.78 is 10.8. The van der Waals surface area contributed by atoms with Crippen molar-refractivity contribution < 1.29 is 18.9 Å². The lowest BCUT2D eigenvalue weighted by Crippen LogP contribution is -2.37. The SMILES string of the molecule is NC(=O)C[S@](=O)C[C@H](N)C(=O)O. The zero-order valence-electron chi connectivity index (χ0n) is 6.23. The van der Waals surface area contributed by atoms with Gasteiger partial charge in [0.25, 0.3) is 0 Å². The molecule has 0 spiro atoms. The normalized spacial score (nSPS) is 15.1. The fourth-order valence-corrected chi connectivity index (χ4v) is 1.47. The summed E-state index contributed by atoms with van der Waals surface area (Å²) in [5, 5.41) is 8.29. The van der Waals surface area contributed by atoms with Gasteiger partial charge in [-0.15, -0.1) is 0 Å². The summed E-state index contributed by atoms with van der Waals surface area (Å²) in [5.74, 6) is -2.57. The van der Waals surface area contributed by atoms with Gasteiger partial charge in [0.15, 0.2) is 0 Å². The average Bonchev–Trinajstić information content (AvgIpc) is 1.84. The van der Waals surface area contributed by atoms with Crippen molar-refractivity contribution in [3.63, 3.8) is 0 Å². The third-order valence-corrected chi connectivity index (χ3v) is 2.32. The molecule has 0 radical (unpaired) electrons. The van der Waals surface area contributed by atoms with E-state index in [2.05, 4.69) is 0 Å². The maximum absolute atomic E-state index is 10.8. The fourth-order valence-electron chi connectivity index (χ4n) is 0.489. The van der Waals surface area contributed by atoms with Gasteiger partial charge in [-0.25, -0.2) is 0 Å². The highest BCUT2D eigenvalue weighted by Gasteiger charge is 2.16. The van der Waals surface area contributed by atoms with Gasteiger partial charge in [0.05, 0.1) is 0 Å². The molecule has 70 valence electrons. The summed E-state index contributed by atoms with van der Waals surface area (Å²) in [6.45, 7) is 0. The number of primary amides is 1. The van der Waals surface area contributed by atoms with Gasteiger partial charge in [0.2, 0.25) is 5.91 Å². The van der Waals surface area contributed by atoms with Crippen LogP contribution in [0.3, 0.4) is 0 Å². The monoisotopic (exact) mass is 194 g/mol. The van der Waals surface area contributed by atoms with Crippen LogP contribution in [0.1, 0.15) is 0 Å². The number of carboxylic acids is 1. The van der Waals surface area contributed by atoms with E-state index in [4.69, 9.17) is 16.6 Å². The molecule has 0 aromatic heterocycles. The molecule has 7 heteroatoms. The van der Waals surface area contributed by atoms with Crippen LogP contribution in [0.4, 0.5) is 0 Å². The minimum absolute atomic E-state index is 0.252. The van der Waals surface area contributed by atoms with Gasteiger partial charge in [-0.05, 0) is 0 Å². The number of carbonyl (C=O) groups is 2. The molecule has 0 saturated heterocycles. The van der Waals surface area contributed by atoms with E-state index in [1.165, 1.54) is 0 Å². The molecule has 0 bridgehead atoms. The van der Waals surface area contributed by atoms with Crippen molar-refractivity contribution in [2.45, 2.75) is 6.04 Å². The maximum Gasteiger partial charge on any atom is 0.321 e. The number of carbonyl (C=O) groups excluding carboxylic acids is 1. The third kappa shape index (κ3) is 4.80. The number of rotatable bonds is 5. The number of hydrogen-bond donors (Lipinski definition) is 3. The van der Waals surface area contributed by atoms with Crippen LogP contribution in [0, 0.1) is 0 Å². The van der Waals surface area contributed by atoms with E-state index in [1.807, 2.05) is 0 Å². The molecule has 0 aromatic rings. The van der Waals surface area contributed by atoms with Gasteiger partial charge in [-0.3, -0.25) is 13.8 Å². The Morgan fingerprint density at radius 2 is 2.00 bits per heavy atom. The van der Waals surface area contributed by atoms with Gasteiger partial charge in [0.1, 0.15) is 11.8 Å². The number of aliphatic carboxylic acids is 1. The lowest BCUT2D eigenvalue weighted by atomic mass is 10.4. The molecule has 0 saturated carbocycles. The molecule has 1 amide bonds. The zero-order chi connectivity index (χ0) is 9.72. The molecule has 0 aliphatic carbocycles. The van der Waals surface area contributed by atoms with E-state index in [0.717, 1.165) is 0 Å². The van der Waals surface area contributed by atoms with Crippen molar-refractivity contribution in [2.75, 3.05) is 11.5 Å². The van der Waals surface area contributed by atoms with E-state index < -0.39 is 28.7 Å². The Balaban J connectivity index is 3.85. The number of amides is 1. The van der Waals surface area contributed by atoms with Gasteiger partial charge >= 0.3 is 5.97 Å². The topological polar surface area (TPSA) is 123 Å². The molecule has 0 rings (SSSR count). The Bertz CT molecular complexity index is 217. The van der Waals surface area contributed by atoms with Crippen LogP contribution >= 0.6 is 0 Å². The van der Waals surface area contributed by atoms with Crippen LogP contribution in [0.5, 0.6) is 0 Å². The molecule has 0 heterocycles. The highest BCUT2D eigenvalue weighted by Crippen LogP contribution is 1.87. The fraction of sp³-hybridized carbons (Fsp3) is 0.600. The van der Waals surface area contributed by atoms with Gasteiger partial charge in [0, 0.05) is 16.6 Å². The van der Waals surface area contributed by atoms with Gasteiger partial charge in [-0.1, -0.05) is 0 Å². The summed E-state index contributed by atoms with van der Waals surface area (Å²) >= 11 is 0. The second-order valence-corrected chi connectivity index (χ2v) is 3.66. The summed E-state index contributed by atoms with van der Waals surface area (Å²) in [6, 6.07) is -1.20. The molecule has 0 aromatic carbocycles. The molecule has 12 heavy (non-hydrogen) atoms. The number of nitrogens with two attached hydrogens (primary N) is 2. The highest BCUT2D eigenvalue weighted by molar-refractivity contribution is 7.85. The molecule has 2 atom stereocenters. The molecular weight excluding hydrogens is 184 g/mol. The number of hydrogen-bond acceptors (Lipinski definition) is 4. The van der Waals surface area contributed by atoms with E-state index in [9.17, 15) is 13.8 Å². The third-order valence-electron chi connectivity index (χ3n) is 0.986. The molecule has 0 aliphatic heterocycles. The molecule has 5 N–H and O–H groups in total. The summed E-state index contributed by atoms with van der Waals surface area (Å²) in [4.78, 5) is 20.3. The van der Waals surface area contributed by atoms with Crippen molar-refractivity contribution >= 4 is 22.7 Å². The van der Waals surface area contributed by atoms with Crippen LogP contribution in [-0.4, -0.2) is 38.7 Å². The van der Waals surface area contributed by atoms with Crippen LogP contribution < -0.4 is 11.5 Å². The summed E-state index contributed by atoms with van der Waals surface area (Å²) in [7, 11) is -1.58. The van der Waals surface area contributed by atoms with Gasteiger partial charge < -0.3 is 16.6 Å². The quantitative estimate of drug-likeness (QED) is 0.451. The van der Waals surface area contributed by atoms with E-state index in [-0.39, 0.29) is 11.5 Å². The Kier molecular flexibility index (Phi) is 4.45. The van der Waals surface area contributed by atoms with Crippen LogP contribution in [0.15, 0.2) is 0 Å². The predicted molar refractivity (Wildman–Crippen MR) is 42.7 cm³/mol. The van der Waals surface area contributed by atoms with Crippen molar-refractivity contribution in [3.05, 3.63) is 0 Å². The molecular formula is C5H10N2O4S. The minimum Gasteiger partial charge on any atom is -0.480 e. The molecule has 6 nitrogen and oxygen atoms in total. The van der Waals surface area contributed by atoms with E-state index in [0.29, 0.717) is 0 Å². The smallest absolute Gasteiger partial charge is 0.321 e. The Morgan fingerprint density at radius 3 is 2.33 bits per heavy atom. The van der Waals surface area contributed by atoms with Crippen LogP contribution in [0.2, 0.25) is 0 Å². The van der Waals surface area contributed by atoms with Crippen LogP contribution in [0.25, 0.3) is 0 Å². The Labute approximate surface area is 71.4 Å². The first-order valence-corrected chi connectivity index (χ1v) is 4.54. The summed E-state index contributed by atoms with van der Waals surface area (Å²) in [5.41, 5.74) is 9.77. The minimum atomic E-state index is -1.58. The van der Waals surface area contributed by atoms with Crippen molar-refractivity contribution in [2.24, 2.45) is 11.5 Å². The first-order valence-electron chi connectivity index (χ1n) is 3.05. The summed E-state index contributed by atoms with van der Waals surface area (Å²) in [6.07, 6.45) is 0.